The second-order valence-electron chi connectivity index (χ2n) is 6.00. The van der Waals surface area contributed by atoms with Crippen molar-refractivity contribution in [3.63, 3.8) is 0 Å². The predicted octanol–water partition coefficient (Wildman–Crippen LogP) is 1.95. The van der Waals surface area contributed by atoms with Gasteiger partial charge in [0, 0.05) is 17.5 Å². The monoisotopic (exact) mass is 347 g/mol. The van der Waals surface area contributed by atoms with Crippen LogP contribution in [0.1, 0.15) is 21.1 Å². The van der Waals surface area contributed by atoms with Crippen LogP contribution in [0.25, 0.3) is 0 Å². The van der Waals surface area contributed by atoms with Crippen molar-refractivity contribution in [2.75, 3.05) is 27.8 Å². The fourth-order valence-electron chi connectivity index (χ4n) is 2.67. The van der Waals surface area contributed by atoms with Gasteiger partial charge in [0.1, 0.15) is 17.3 Å². The lowest BCUT2D eigenvalue weighted by Gasteiger charge is -2.26. The average Bonchev–Trinajstić information content (AvgIpc) is 3.01. The molecule has 1 aliphatic heterocycles. The van der Waals surface area contributed by atoms with E-state index in [1.807, 2.05) is 37.2 Å². The van der Waals surface area contributed by atoms with Gasteiger partial charge in [-0.2, -0.15) is 0 Å². The smallest absolute Gasteiger partial charge is 0.271 e. The summed E-state index contributed by atoms with van der Waals surface area (Å²) in [5, 5.41) is 5.74. The van der Waals surface area contributed by atoms with Crippen molar-refractivity contribution in [1.82, 2.24) is 15.2 Å². The van der Waals surface area contributed by atoms with E-state index in [1.54, 1.807) is 12.5 Å². The Labute approximate surface area is 145 Å². The van der Waals surface area contributed by atoms with Crippen LogP contribution < -0.4 is 14.8 Å². The number of methoxy groups -OCH3 is 1. The van der Waals surface area contributed by atoms with Gasteiger partial charge in [0.2, 0.25) is 0 Å². The number of hydrogen-bond acceptors (Lipinski definition) is 6. The van der Waals surface area contributed by atoms with Gasteiger partial charge in [-0.05, 0) is 26.6 Å². The van der Waals surface area contributed by atoms with Gasteiger partial charge in [0.15, 0.2) is 11.5 Å². The molecule has 1 aromatic heterocycles. The normalized spacial score (nSPS) is 16.4. The summed E-state index contributed by atoms with van der Waals surface area (Å²) in [6.07, 6.45) is 0.715. The maximum absolute atomic E-state index is 12.4. The first-order chi connectivity index (χ1) is 11.6. The molecule has 0 spiro atoms. The molecule has 6 nitrogen and oxygen atoms in total. The number of benzene rings is 1. The van der Waals surface area contributed by atoms with Crippen LogP contribution in [-0.2, 0) is 13.0 Å². The second-order valence-corrected chi connectivity index (χ2v) is 6.94. The highest BCUT2D eigenvalue weighted by molar-refractivity contribution is 7.09. The number of ether oxygens (including phenoxy) is 2. The Hall–Kier alpha value is -2.12. The number of carbonyl (C=O) groups is 1. The van der Waals surface area contributed by atoms with Crippen LogP contribution >= 0.6 is 11.3 Å². The van der Waals surface area contributed by atoms with Crippen LogP contribution in [0.3, 0.4) is 0 Å². The van der Waals surface area contributed by atoms with Crippen molar-refractivity contribution in [1.29, 1.82) is 0 Å². The number of hydrogen-bond donors (Lipinski definition) is 1. The van der Waals surface area contributed by atoms with Crippen LogP contribution in [0.5, 0.6) is 11.5 Å². The van der Waals surface area contributed by atoms with E-state index >= 15 is 0 Å². The molecule has 2 aromatic rings. The summed E-state index contributed by atoms with van der Waals surface area (Å²) in [5.41, 5.74) is 1.51. The minimum absolute atomic E-state index is 0.0731. The van der Waals surface area contributed by atoms with Gasteiger partial charge in [0.05, 0.1) is 13.2 Å². The fraction of sp³-hybridized carbons (Fsp3) is 0.412. The quantitative estimate of drug-likeness (QED) is 0.896. The van der Waals surface area contributed by atoms with Crippen LogP contribution in [0, 0.1) is 0 Å². The minimum atomic E-state index is -0.156. The molecule has 1 aromatic carbocycles. The van der Waals surface area contributed by atoms with Crippen molar-refractivity contribution in [3.05, 3.63) is 39.8 Å². The number of nitrogens with zero attached hydrogens (tertiary/aromatic N) is 2. The van der Waals surface area contributed by atoms with Crippen LogP contribution in [0.2, 0.25) is 0 Å². The van der Waals surface area contributed by atoms with Crippen molar-refractivity contribution < 1.29 is 14.3 Å². The van der Waals surface area contributed by atoms with Gasteiger partial charge in [-0.3, -0.25) is 4.79 Å². The van der Waals surface area contributed by atoms with Gasteiger partial charge in [-0.15, -0.1) is 11.3 Å². The highest BCUT2D eigenvalue weighted by Gasteiger charge is 2.25. The number of nitrogens with one attached hydrogen (secondary N) is 1. The number of amides is 1. The SMILES string of the molecule is COc1cccc2c1OCC(NC(=O)c1csc(CN(C)C)n1)C2. The number of para-hydroxylation sites is 1. The first kappa shape index (κ1) is 16.7. The van der Waals surface area contributed by atoms with E-state index in [0.29, 0.717) is 18.7 Å². The van der Waals surface area contributed by atoms with Crippen LogP contribution in [-0.4, -0.2) is 49.6 Å². The molecule has 0 aliphatic carbocycles. The molecule has 0 saturated carbocycles. The Morgan fingerprint density at radius 1 is 1.50 bits per heavy atom. The van der Waals surface area contributed by atoms with Crippen LogP contribution in [0.4, 0.5) is 0 Å². The first-order valence-corrected chi connectivity index (χ1v) is 8.63. The van der Waals surface area contributed by atoms with Gasteiger partial charge in [-0.25, -0.2) is 4.98 Å². The van der Waals surface area contributed by atoms with E-state index in [0.717, 1.165) is 28.6 Å². The molecule has 3 rings (SSSR count). The number of aromatic nitrogens is 1. The summed E-state index contributed by atoms with van der Waals surface area (Å²) in [7, 11) is 5.58. The Morgan fingerprint density at radius 3 is 3.08 bits per heavy atom. The molecule has 1 amide bonds. The van der Waals surface area contributed by atoms with E-state index in [2.05, 4.69) is 10.3 Å². The van der Waals surface area contributed by atoms with E-state index in [-0.39, 0.29) is 11.9 Å². The van der Waals surface area contributed by atoms with Gasteiger partial charge in [-0.1, -0.05) is 12.1 Å². The molecule has 0 bridgehead atoms. The highest BCUT2D eigenvalue weighted by Crippen LogP contribution is 2.34. The summed E-state index contributed by atoms with van der Waals surface area (Å²) in [6.45, 7) is 1.16. The standard InChI is InChI=1S/C17H21N3O3S/c1-20(2)8-15-19-13(10-24-15)17(21)18-12-7-11-5-4-6-14(22-3)16(11)23-9-12/h4-6,10,12H,7-9H2,1-3H3,(H,18,21). The Kier molecular flexibility index (Phi) is 5.01. The predicted molar refractivity (Wildman–Crippen MR) is 93.0 cm³/mol. The summed E-state index contributed by atoms with van der Waals surface area (Å²) >= 11 is 1.50. The largest absolute Gasteiger partial charge is 0.493 e. The molecule has 1 atom stereocenters. The van der Waals surface area contributed by atoms with Crippen molar-refractivity contribution in [2.45, 2.75) is 19.0 Å². The molecular weight excluding hydrogens is 326 g/mol. The van der Waals surface area contributed by atoms with Gasteiger partial charge in [0.25, 0.3) is 5.91 Å². The second kappa shape index (κ2) is 7.19. The zero-order chi connectivity index (χ0) is 17.1. The molecule has 7 heteroatoms. The molecule has 1 aliphatic rings. The third-order valence-corrected chi connectivity index (χ3v) is 4.58. The van der Waals surface area contributed by atoms with E-state index < -0.39 is 0 Å². The summed E-state index contributed by atoms with van der Waals surface area (Å²) in [6, 6.07) is 5.73. The minimum Gasteiger partial charge on any atom is -0.493 e. The Morgan fingerprint density at radius 2 is 2.33 bits per heavy atom. The maximum atomic E-state index is 12.4. The lowest BCUT2D eigenvalue weighted by molar-refractivity contribution is 0.0910. The lowest BCUT2D eigenvalue weighted by Crippen LogP contribution is -2.42. The molecule has 1 N–H and O–H groups in total. The molecule has 128 valence electrons. The van der Waals surface area contributed by atoms with Crippen molar-refractivity contribution in [2.24, 2.45) is 0 Å². The third kappa shape index (κ3) is 3.68. The zero-order valence-electron chi connectivity index (χ0n) is 14.0. The number of fused-ring (bicyclic) bond motifs is 1. The summed E-state index contributed by atoms with van der Waals surface area (Å²) < 4.78 is 11.1. The zero-order valence-corrected chi connectivity index (χ0v) is 14.9. The number of carbonyl (C=O) groups excluding carboxylic acids is 1. The first-order valence-electron chi connectivity index (χ1n) is 7.75. The number of rotatable bonds is 5. The van der Waals surface area contributed by atoms with E-state index in [1.165, 1.54) is 11.3 Å². The highest BCUT2D eigenvalue weighted by atomic mass is 32.1. The van der Waals surface area contributed by atoms with E-state index in [4.69, 9.17) is 9.47 Å². The molecule has 2 heterocycles. The molecule has 0 fully saturated rings. The van der Waals surface area contributed by atoms with Crippen LogP contribution in [0.15, 0.2) is 23.6 Å². The average molecular weight is 347 g/mol. The lowest BCUT2D eigenvalue weighted by atomic mass is 10.0. The molecular formula is C17H21N3O3S. The Balaban J connectivity index is 1.64. The van der Waals surface area contributed by atoms with Gasteiger partial charge < -0.3 is 19.7 Å². The molecule has 1 unspecified atom stereocenters. The summed E-state index contributed by atoms with van der Waals surface area (Å²) in [5.74, 6) is 1.34. The van der Waals surface area contributed by atoms with Crippen molar-refractivity contribution in [3.8, 4) is 11.5 Å². The van der Waals surface area contributed by atoms with E-state index in [9.17, 15) is 4.79 Å². The third-order valence-electron chi connectivity index (χ3n) is 3.75. The number of thiazole rings is 1. The summed E-state index contributed by atoms with van der Waals surface area (Å²) in [4.78, 5) is 18.8. The molecule has 24 heavy (non-hydrogen) atoms. The molecule has 0 radical (unpaired) electrons. The molecule has 0 saturated heterocycles. The van der Waals surface area contributed by atoms with Crippen molar-refractivity contribution >= 4 is 17.2 Å². The fourth-order valence-corrected chi connectivity index (χ4v) is 3.56. The van der Waals surface area contributed by atoms with Gasteiger partial charge >= 0.3 is 0 Å². The maximum Gasteiger partial charge on any atom is 0.271 e. The topological polar surface area (TPSA) is 63.7 Å². The Bertz CT molecular complexity index is 730.